The number of nitrogens with one attached hydrogen (secondary N) is 1. The number of esters is 4. The first kappa shape index (κ1) is 49.2. The molecule has 1 heterocycles. The predicted octanol–water partition coefficient (Wildman–Crippen LogP) is 3.83. The summed E-state index contributed by atoms with van der Waals surface area (Å²) in [6, 6.07) is 22.9. The van der Waals surface area contributed by atoms with Crippen molar-refractivity contribution in [3.05, 3.63) is 119 Å². The third kappa shape index (κ3) is 8.87. The number of aliphatic carboxylic acids is 1. The number of aliphatic hydroxyl groups excluding tert-OH is 2. The molecule has 352 valence electrons. The standard InChI is InChI=1S/C47H51NO14.C2H4O2/c1-25-31(60-43(56)36(52)35(28-16-10-7-11-17-28)48-41(54)29-18-12-8-13-19-29)23-47(57)40(61-42(55)30-20-14-9-15-21-30)38-45(6,32(51)22-33-46(38,24-58-33)62-27(3)50)39(53)37(59-26(2)49)34(25)44(47,4)5;1-2(3)4/h7-21,31-33,35-38,40,51-52,57H,22-24H2,1-6H3,(H,48,54);1H3,(H,3,4)/t31-,32-,33+,35-,36+,37+,38-,40-,45+,46-,47+;/m0./s1. The van der Waals surface area contributed by atoms with Gasteiger partial charge in [0.15, 0.2) is 23.6 Å². The van der Waals surface area contributed by atoms with Crippen LogP contribution in [0.3, 0.4) is 0 Å². The summed E-state index contributed by atoms with van der Waals surface area (Å²) in [5, 5.41) is 47.7. The molecular formula is C49H55NO16. The van der Waals surface area contributed by atoms with E-state index in [1.807, 2.05) is 0 Å². The van der Waals surface area contributed by atoms with E-state index in [2.05, 4.69) is 5.32 Å². The topological polar surface area (TPSA) is 259 Å². The lowest BCUT2D eigenvalue weighted by Crippen LogP contribution is -2.82. The van der Waals surface area contributed by atoms with Crippen molar-refractivity contribution >= 4 is 41.5 Å². The van der Waals surface area contributed by atoms with Crippen LogP contribution in [0.4, 0.5) is 0 Å². The largest absolute Gasteiger partial charge is 0.481 e. The summed E-state index contributed by atoms with van der Waals surface area (Å²) < 4.78 is 30.3. The number of carboxylic acids is 1. The van der Waals surface area contributed by atoms with Gasteiger partial charge in [-0.25, -0.2) is 9.59 Å². The quantitative estimate of drug-likeness (QED) is 0.110. The Kier molecular flexibility index (Phi) is 14.1. The van der Waals surface area contributed by atoms with Crippen LogP contribution in [0.15, 0.2) is 102 Å². The summed E-state index contributed by atoms with van der Waals surface area (Å²) in [4.78, 5) is 92.5. The van der Waals surface area contributed by atoms with E-state index in [1.165, 1.54) is 26.0 Å². The fourth-order valence-electron chi connectivity index (χ4n) is 10.2. The molecule has 7 rings (SSSR count). The van der Waals surface area contributed by atoms with Crippen molar-refractivity contribution < 1.29 is 77.7 Å². The summed E-state index contributed by atoms with van der Waals surface area (Å²) in [5.41, 5.74) is -7.02. The molecule has 1 saturated heterocycles. The maximum absolute atomic E-state index is 15.5. The van der Waals surface area contributed by atoms with Crippen LogP contribution in [0.25, 0.3) is 0 Å². The Labute approximate surface area is 381 Å². The van der Waals surface area contributed by atoms with E-state index in [4.69, 9.17) is 33.6 Å². The minimum Gasteiger partial charge on any atom is -0.481 e. The third-order valence-corrected chi connectivity index (χ3v) is 13.5. The lowest BCUT2D eigenvalue weighted by molar-refractivity contribution is -0.346. The molecular weight excluding hydrogens is 859 g/mol. The average molecular weight is 914 g/mol. The molecule has 3 aromatic rings. The number of hydrogen-bond acceptors (Lipinski definition) is 15. The van der Waals surface area contributed by atoms with Crippen LogP contribution in [0.1, 0.15) is 93.6 Å². The minimum absolute atomic E-state index is 0.00289. The maximum Gasteiger partial charge on any atom is 0.338 e. The number of Topliss-reactive ketones (excluding diaryl/α,β-unsaturated/α-hetero) is 1. The van der Waals surface area contributed by atoms with Gasteiger partial charge >= 0.3 is 23.9 Å². The number of amides is 1. The lowest BCUT2D eigenvalue weighted by Gasteiger charge is -2.67. The normalized spacial score (nSPS) is 30.3. The number of ether oxygens (including phenoxy) is 5. The van der Waals surface area contributed by atoms with Crippen LogP contribution in [0.2, 0.25) is 0 Å². The third-order valence-electron chi connectivity index (χ3n) is 13.5. The van der Waals surface area contributed by atoms with E-state index in [9.17, 15) is 39.3 Å². The van der Waals surface area contributed by atoms with E-state index < -0.39 is 119 Å². The summed E-state index contributed by atoms with van der Waals surface area (Å²) in [7, 11) is 0. The number of carbonyl (C=O) groups is 7. The maximum atomic E-state index is 15.5. The molecule has 17 heteroatoms. The summed E-state index contributed by atoms with van der Waals surface area (Å²) >= 11 is 0. The zero-order chi connectivity index (χ0) is 48.5. The van der Waals surface area contributed by atoms with Crippen molar-refractivity contribution in [1.82, 2.24) is 5.32 Å². The fraction of sp³-hybridized carbons (Fsp3) is 0.449. The molecule has 3 aromatic carbocycles. The van der Waals surface area contributed by atoms with Gasteiger partial charge in [0, 0.05) is 44.6 Å². The molecule has 2 saturated carbocycles. The number of aliphatic hydroxyl groups is 3. The number of rotatable bonds is 10. The van der Waals surface area contributed by atoms with Gasteiger partial charge in [-0.2, -0.15) is 0 Å². The van der Waals surface area contributed by atoms with Gasteiger partial charge in [-0.15, -0.1) is 0 Å². The fourth-order valence-corrected chi connectivity index (χ4v) is 10.2. The molecule has 4 aliphatic rings. The lowest BCUT2D eigenvalue weighted by atomic mass is 9.44. The number of hydrogen-bond donors (Lipinski definition) is 5. The predicted molar refractivity (Wildman–Crippen MR) is 231 cm³/mol. The highest BCUT2D eigenvalue weighted by Gasteiger charge is 2.78. The van der Waals surface area contributed by atoms with Gasteiger partial charge in [0.2, 0.25) is 0 Å². The van der Waals surface area contributed by atoms with Crippen LogP contribution < -0.4 is 5.32 Å². The Morgan fingerprint density at radius 1 is 0.803 bits per heavy atom. The molecule has 1 amide bonds. The number of carbonyl (C=O) groups excluding carboxylic acids is 6. The van der Waals surface area contributed by atoms with Gasteiger partial charge in [0.05, 0.1) is 35.6 Å². The van der Waals surface area contributed by atoms with Crippen LogP contribution in [-0.4, -0.2) is 116 Å². The molecule has 5 N–H and O–H groups in total. The van der Waals surface area contributed by atoms with Gasteiger partial charge in [-0.3, -0.25) is 24.0 Å². The summed E-state index contributed by atoms with van der Waals surface area (Å²) in [6.07, 6.45) is -10.5. The van der Waals surface area contributed by atoms with Crippen molar-refractivity contribution in [2.24, 2.45) is 16.7 Å². The Bertz CT molecular complexity index is 2380. The summed E-state index contributed by atoms with van der Waals surface area (Å²) in [6.45, 7) is 9.06. The van der Waals surface area contributed by atoms with Crippen LogP contribution in [0, 0.1) is 16.7 Å². The molecule has 0 aromatic heterocycles. The molecule has 3 fully saturated rings. The highest BCUT2D eigenvalue weighted by atomic mass is 16.6. The second kappa shape index (κ2) is 18.9. The van der Waals surface area contributed by atoms with Crippen molar-refractivity contribution in [3.63, 3.8) is 0 Å². The molecule has 2 bridgehead atoms. The van der Waals surface area contributed by atoms with Crippen LogP contribution >= 0.6 is 0 Å². The second-order valence-corrected chi connectivity index (χ2v) is 17.9. The molecule has 17 nitrogen and oxygen atoms in total. The van der Waals surface area contributed by atoms with Crippen molar-refractivity contribution in [2.75, 3.05) is 6.61 Å². The van der Waals surface area contributed by atoms with Crippen molar-refractivity contribution in [3.8, 4) is 0 Å². The van der Waals surface area contributed by atoms with Crippen molar-refractivity contribution in [1.29, 1.82) is 0 Å². The molecule has 66 heavy (non-hydrogen) atoms. The molecule has 0 spiro atoms. The molecule has 0 unspecified atom stereocenters. The van der Waals surface area contributed by atoms with E-state index in [0.717, 1.165) is 20.8 Å². The molecule has 0 radical (unpaired) electrons. The Hall–Kier alpha value is -6.27. The van der Waals surface area contributed by atoms with Gasteiger partial charge < -0.3 is 49.4 Å². The first-order chi connectivity index (χ1) is 31.0. The highest BCUT2D eigenvalue weighted by Crippen LogP contribution is 2.64. The first-order valence-electron chi connectivity index (χ1n) is 21.4. The molecule has 3 aliphatic carbocycles. The molecule has 11 atom stereocenters. The second-order valence-electron chi connectivity index (χ2n) is 17.9. The Morgan fingerprint density at radius 2 is 1.35 bits per heavy atom. The Balaban J connectivity index is 0.00000173. The van der Waals surface area contributed by atoms with E-state index in [0.29, 0.717) is 5.56 Å². The van der Waals surface area contributed by atoms with Crippen LogP contribution in [0.5, 0.6) is 0 Å². The van der Waals surface area contributed by atoms with E-state index in [1.54, 1.807) is 92.7 Å². The van der Waals surface area contributed by atoms with Gasteiger partial charge in [-0.1, -0.05) is 80.6 Å². The first-order valence-corrected chi connectivity index (χ1v) is 21.4. The monoisotopic (exact) mass is 913 g/mol. The van der Waals surface area contributed by atoms with E-state index >= 15 is 4.79 Å². The Morgan fingerprint density at radius 3 is 1.86 bits per heavy atom. The van der Waals surface area contributed by atoms with Crippen LogP contribution in [-0.2, 0) is 47.7 Å². The SMILES string of the molecule is CC(=O)O.CC(=O)O[C@H]1C(=O)[C@@]2(C)[C@H]([C@H](OC(=O)c3ccccc3)[C@]3(O)C[C@H](OC(=O)[C@H](O)[C@@H](NC(=O)c4ccccc4)c4ccccc4)C(C)=C1C3(C)C)[C@]1(OC(C)=O)CO[C@@H]1C[C@@H]2O. The smallest absolute Gasteiger partial charge is 0.338 e. The van der Waals surface area contributed by atoms with Gasteiger partial charge in [0.1, 0.15) is 23.9 Å². The van der Waals surface area contributed by atoms with E-state index in [-0.39, 0.29) is 35.3 Å². The highest BCUT2D eigenvalue weighted by molar-refractivity contribution is 5.96. The number of benzene rings is 3. The zero-order valence-electron chi connectivity index (χ0n) is 37.6. The molecule has 1 aliphatic heterocycles. The number of ketones is 1. The van der Waals surface area contributed by atoms with Gasteiger partial charge in [-0.05, 0) is 54.8 Å². The zero-order valence-corrected chi connectivity index (χ0v) is 37.6. The number of fused-ring (bicyclic) bond motifs is 5. The van der Waals surface area contributed by atoms with Crippen molar-refractivity contribution in [2.45, 2.75) is 115 Å². The average Bonchev–Trinajstić information content (AvgIpc) is 3.26. The number of carboxylic acid groups (broad SMARTS) is 1. The summed E-state index contributed by atoms with van der Waals surface area (Å²) in [5.74, 6) is -7.67. The van der Waals surface area contributed by atoms with Gasteiger partial charge in [0.25, 0.3) is 11.9 Å². The minimum atomic E-state index is -2.39.